The van der Waals surface area contributed by atoms with Crippen molar-refractivity contribution in [3.8, 4) is 0 Å². The third kappa shape index (κ3) is 7.63. The summed E-state index contributed by atoms with van der Waals surface area (Å²) < 4.78 is 0. The molecule has 0 atom stereocenters. The zero-order valence-electron chi connectivity index (χ0n) is 13.5. The number of nitrogens with zero attached hydrogens (tertiary/aromatic N) is 1. The van der Waals surface area contributed by atoms with Crippen LogP contribution in [-0.4, -0.2) is 49.4 Å². The number of hydrogen-bond acceptors (Lipinski definition) is 4. The Hall–Kier alpha value is -1.83. The lowest BCUT2D eigenvalue weighted by molar-refractivity contribution is -0.122. The molecule has 0 aromatic heterocycles. The molecule has 0 unspecified atom stereocenters. The number of imide groups is 1. The summed E-state index contributed by atoms with van der Waals surface area (Å²) in [5, 5.41) is 8.09. The number of likely N-dealkylation sites (N-methyl/N-ethyl adjacent to an activating group) is 1. The lowest BCUT2D eigenvalue weighted by atomic mass is 10.3. The maximum absolute atomic E-state index is 11.9. The summed E-state index contributed by atoms with van der Waals surface area (Å²) in [6.45, 7) is 2.28. The Morgan fingerprint density at radius 3 is 2.38 bits per heavy atom. The summed E-state index contributed by atoms with van der Waals surface area (Å²) in [7, 11) is 1.60. The van der Waals surface area contributed by atoms with Gasteiger partial charge in [0.2, 0.25) is 11.8 Å². The number of amides is 4. The maximum atomic E-state index is 11.9. The van der Waals surface area contributed by atoms with Crippen molar-refractivity contribution in [2.45, 2.75) is 13.3 Å². The Morgan fingerprint density at radius 2 is 1.75 bits per heavy atom. The van der Waals surface area contributed by atoms with Gasteiger partial charge in [-0.2, -0.15) is 0 Å². The zero-order valence-corrected chi connectivity index (χ0v) is 15.0. The molecule has 4 amide bonds. The van der Waals surface area contributed by atoms with Crippen molar-refractivity contribution in [1.82, 2.24) is 15.5 Å². The molecule has 0 aliphatic carbocycles. The van der Waals surface area contributed by atoms with E-state index in [2.05, 4.69) is 16.0 Å². The van der Waals surface area contributed by atoms with Gasteiger partial charge >= 0.3 is 6.03 Å². The van der Waals surface area contributed by atoms with E-state index in [-0.39, 0.29) is 19.0 Å². The van der Waals surface area contributed by atoms with E-state index >= 15 is 0 Å². The molecule has 0 spiro atoms. The van der Waals surface area contributed by atoms with E-state index in [0.29, 0.717) is 22.3 Å². The Bertz CT molecular complexity index is 610. The van der Waals surface area contributed by atoms with Crippen LogP contribution in [0.1, 0.15) is 13.3 Å². The zero-order chi connectivity index (χ0) is 18.1. The smallest absolute Gasteiger partial charge is 0.321 e. The molecule has 1 aromatic rings. The molecule has 0 radical (unpaired) electrons. The first-order valence-electron chi connectivity index (χ1n) is 7.33. The average Bonchev–Trinajstić information content (AvgIpc) is 2.48. The van der Waals surface area contributed by atoms with Crippen molar-refractivity contribution in [2.75, 3.05) is 32.0 Å². The highest BCUT2D eigenvalue weighted by Crippen LogP contribution is 2.24. The van der Waals surface area contributed by atoms with Crippen molar-refractivity contribution in [3.05, 3.63) is 28.2 Å². The van der Waals surface area contributed by atoms with Gasteiger partial charge in [-0.1, -0.05) is 30.1 Å². The molecular formula is C15H20Cl2N4O3. The average molecular weight is 375 g/mol. The summed E-state index contributed by atoms with van der Waals surface area (Å²) in [4.78, 5) is 36.4. The number of hydrogen-bond donors (Lipinski definition) is 3. The molecule has 0 aliphatic heterocycles. The molecule has 0 fully saturated rings. The Balaban J connectivity index is 2.39. The number of halogens is 2. The summed E-state index contributed by atoms with van der Waals surface area (Å²) in [6, 6.07) is 4.19. The maximum Gasteiger partial charge on any atom is 0.321 e. The van der Waals surface area contributed by atoms with Gasteiger partial charge in [-0.3, -0.25) is 19.8 Å². The van der Waals surface area contributed by atoms with Gasteiger partial charge in [-0.25, -0.2) is 4.79 Å². The third-order valence-corrected chi connectivity index (χ3v) is 3.56. The van der Waals surface area contributed by atoms with E-state index in [9.17, 15) is 14.4 Å². The first kappa shape index (κ1) is 20.2. The molecule has 9 heteroatoms. The minimum Gasteiger partial charge on any atom is -0.338 e. The van der Waals surface area contributed by atoms with Crippen LogP contribution in [0.15, 0.2) is 18.2 Å². The van der Waals surface area contributed by atoms with Crippen molar-refractivity contribution in [1.29, 1.82) is 0 Å². The number of urea groups is 1. The highest BCUT2D eigenvalue weighted by molar-refractivity contribution is 6.42. The monoisotopic (exact) mass is 374 g/mol. The van der Waals surface area contributed by atoms with Crippen molar-refractivity contribution in [3.63, 3.8) is 0 Å². The van der Waals surface area contributed by atoms with Gasteiger partial charge in [0.25, 0.3) is 0 Å². The molecule has 1 aromatic carbocycles. The molecule has 1 rings (SSSR count). The highest BCUT2D eigenvalue weighted by atomic mass is 35.5. The summed E-state index contributed by atoms with van der Waals surface area (Å²) in [6.07, 6.45) is 0.774. The van der Waals surface area contributed by atoms with E-state index in [1.807, 2.05) is 6.92 Å². The topological polar surface area (TPSA) is 90.5 Å². The second-order valence-electron chi connectivity index (χ2n) is 5.15. The van der Waals surface area contributed by atoms with Crippen LogP contribution >= 0.6 is 23.2 Å². The molecule has 0 bridgehead atoms. The Morgan fingerprint density at radius 1 is 1.08 bits per heavy atom. The van der Waals surface area contributed by atoms with E-state index in [1.165, 1.54) is 11.0 Å². The standard InChI is InChI=1S/C15H20Cl2N4O3/c1-3-6-18-15(24)20-14(23)9-21(2)8-13(22)19-10-4-5-11(16)12(17)7-10/h4-5,7H,3,6,8-9H2,1-2H3,(H,19,22)(H2,18,20,23,24). The number of benzene rings is 1. The predicted octanol–water partition coefficient (Wildman–Crippen LogP) is 2.10. The van der Waals surface area contributed by atoms with E-state index < -0.39 is 11.9 Å². The van der Waals surface area contributed by atoms with Crippen LogP contribution in [0.4, 0.5) is 10.5 Å². The minimum absolute atomic E-state index is 0.0236. The lowest BCUT2D eigenvalue weighted by Gasteiger charge is -2.16. The van der Waals surface area contributed by atoms with Gasteiger partial charge in [0.15, 0.2) is 0 Å². The van der Waals surface area contributed by atoms with Crippen molar-refractivity contribution >= 4 is 46.7 Å². The Labute approximate surface area is 150 Å². The molecule has 0 saturated heterocycles. The predicted molar refractivity (Wildman–Crippen MR) is 94.4 cm³/mol. The molecule has 0 saturated carbocycles. The number of rotatable bonds is 7. The summed E-state index contributed by atoms with van der Waals surface area (Å²) >= 11 is 11.7. The summed E-state index contributed by atoms with van der Waals surface area (Å²) in [5.74, 6) is -0.812. The van der Waals surface area contributed by atoms with Gasteiger partial charge in [0.05, 0.1) is 23.1 Å². The summed E-state index contributed by atoms with van der Waals surface area (Å²) in [5.41, 5.74) is 0.506. The molecule has 7 nitrogen and oxygen atoms in total. The van der Waals surface area contributed by atoms with Crippen LogP contribution in [0.25, 0.3) is 0 Å². The van der Waals surface area contributed by atoms with Crippen LogP contribution in [-0.2, 0) is 9.59 Å². The van der Waals surface area contributed by atoms with Gasteiger partial charge in [-0.05, 0) is 31.7 Å². The molecule has 3 N–H and O–H groups in total. The van der Waals surface area contributed by atoms with Gasteiger partial charge in [0, 0.05) is 12.2 Å². The first-order chi connectivity index (χ1) is 11.3. The van der Waals surface area contributed by atoms with Crippen LogP contribution in [0.5, 0.6) is 0 Å². The fourth-order valence-corrected chi connectivity index (χ4v) is 2.07. The highest BCUT2D eigenvalue weighted by Gasteiger charge is 2.13. The second-order valence-corrected chi connectivity index (χ2v) is 5.97. The number of nitrogens with one attached hydrogen (secondary N) is 3. The van der Waals surface area contributed by atoms with E-state index in [4.69, 9.17) is 23.2 Å². The van der Waals surface area contributed by atoms with Gasteiger partial charge in [0.1, 0.15) is 0 Å². The normalized spacial score (nSPS) is 10.4. The number of carbonyl (C=O) groups excluding carboxylic acids is 3. The largest absolute Gasteiger partial charge is 0.338 e. The first-order valence-corrected chi connectivity index (χ1v) is 8.08. The number of anilines is 1. The second kappa shape index (κ2) is 10.1. The van der Waals surface area contributed by atoms with Crippen LogP contribution < -0.4 is 16.0 Å². The lowest BCUT2D eigenvalue weighted by Crippen LogP contribution is -2.45. The van der Waals surface area contributed by atoms with Gasteiger partial charge in [-0.15, -0.1) is 0 Å². The SMILES string of the molecule is CCCNC(=O)NC(=O)CN(C)CC(=O)Nc1ccc(Cl)c(Cl)c1. The molecule has 24 heavy (non-hydrogen) atoms. The van der Waals surface area contributed by atoms with E-state index in [0.717, 1.165) is 6.42 Å². The van der Waals surface area contributed by atoms with Crippen LogP contribution in [0.2, 0.25) is 10.0 Å². The minimum atomic E-state index is -0.546. The molecule has 0 heterocycles. The van der Waals surface area contributed by atoms with Crippen molar-refractivity contribution < 1.29 is 14.4 Å². The van der Waals surface area contributed by atoms with Gasteiger partial charge < -0.3 is 10.6 Å². The molecular weight excluding hydrogens is 355 g/mol. The fourth-order valence-electron chi connectivity index (χ4n) is 1.77. The van der Waals surface area contributed by atoms with Crippen molar-refractivity contribution in [2.24, 2.45) is 0 Å². The fraction of sp³-hybridized carbons (Fsp3) is 0.400. The quantitative estimate of drug-likeness (QED) is 0.681. The Kier molecular flexibility index (Phi) is 8.53. The molecule has 0 aliphatic rings. The third-order valence-electron chi connectivity index (χ3n) is 2.82. The van der Waals surface area contributed by atoms with E-state index in [1.54, 1.807) is 19.2 Å². The molecule has 132 valence electrons. The number of carbonyl (C=O) groups is 3. The van der Waals surface area contributed by atoms with Crippen LogP contribution in [0, 0.1) is 0 Å². The van der Waals surface area contributed by atoms with Crippen LogP contribution in [0.3, 0.4) is 0 Å².